The number of fused-ring (bicyclic) bond motifs is 1. The second-order valence-electron chi connectivity index (χ2n) is 12.6. The van der Waals surface area contributed by atoms with Gasteiger partial charge in [-0.3, -0.25) is 9.36 Å². The van der Waals surface area contributed by atoms with E-state index in [-0.39, 0.29) is 29.5 Å². The van der Waals surface area contributed by atoms with Crippen molar-refractivity contribution in [3.63, 3.8) is 0 Å². The predicted molar refractivity (Wildman–Crippen MR) is 164 cm³/mol. The number of halogens is 6. The summed E-state index contributed by atoms with van der Waals surface area (Å²) in [5.74, 6) is -0.529. The summed E-state index contributed by atoms with van der Waals surface area (Å²) in [5.41, 5.74) is -4.45. The number of benzene rings is 2. The van der Waals surface area contributed by atoms with Gasteiger partial charge in [0.05, 0.1) is 27.6 Å². The van der Waals surface area contributed by atoms with Gasteiger partial charge >= 0.3 is 23.3 Å². The third-order valence-corrected chi connectivity index (χ3v) is 9.05. The van der Waals surface area contributed by atoms with Crippen molar-refractivity contribution in [2.75, 3.05) is 13.2 Å². The van der Waals surface area contributed by atoms with Gasteiger partial charge < -0.3 is 19.9 Å². The van der Waals surface area contributed by atoms with E-state index in [9.17, 15) is 41.0 Å². The second-order valence-corrected chi connectivity index (χ2v) is 13.5. The molecule has 3 aromatic rings. The van der Waals surface area contributed by atoms with E-state index in [0.717, 1.165) is 10.6 Å². The number of amides is 1. The van der Waals surface area contributed by atoms with E-state index in [2.05, 4.69) is 15.5 Å². The predicted octanol–water partition coefficient (Wildman–Crippen LogP) is 5.53. The molecule has 1 aromatic heterocycles. The Labute approximate surface area is 274 Å². The van der Waals surface area contributed by atoms with E-state index in [0.29, 0.717) is 59.6 Å². The van der Waals surface area contributed by atoms with Gasteiger partial charge in [0.25, 0.3) is 0 Å². The Morgan fingerprint density at radius 2 is 1.77 bits per heavy atom. The van der Waals surface area contributed by atoms with Crippen molar-refractivity contribution in [2.24, 2.45) is 10.2 Å². The molecule has 1 amide bonds. The van der Waals surface area contributed by atoms with Gasteiger partial charge in [-0.05, 0) is 80.7 Å². The van der Waals surface area contributed by atoms with Crippen LogP contribution in [0.4, 0.5) is 31.1 Å². The fraction of sp³-hybridized carbons (Fsp3) is 0.438. The summed E-state index contributed by atoms with van der Waals surface area (Å²) in [6.45, 7) is 5.72. The van der Waals surface area contributed by atoms with Crippen molar-refractivity contribution in [3.8, 4) is 5.88 Å². The number of alkyl halides is 6. The van der Waals surface area contributed by atoms with Crippen LogP contribution in [0.5, 0.6) is 5.88 Å². The molecule has 16 heteroatoms. The number of nitrogens with zero attached hydrogens (tertiary/aromatic N) is 3. The minimum atomic E-state index is -5.13. The number of alkyl carbamates (subject to hydrolysis) is 1. The molecule has 0 unspecified atom stereocenters. The average molecular weight is 699 g/mol. The van der Waals surface area contributed by atoms with Gasteiger partial charge in [-0.15, -0.1) is 0 Å². The van der Waals surface area contributed by atoms with Crippen LogP contribution in [0.3, 0.4) is 0 Å². The van der Waals surface area contributed by atoms with Gasteiger partial charge in [-0.25, -0.2) is 4.79 Å². The highest BCUT2D eigenvalue weighted by molar-refractivity contribution is 7.10. The smallest absolute Gasteiger partial charge is 0.416 e. The largest absolute Gasteiger partial charge is 0.493 e. The quantitative estimate of drug-likeness (QED) is 0.316. The third-order valence-electron chi connectivity index (χ3n) is 8.02. The Morgan fingerprint density at radius 3 is 2.42 bits per heavy atom. The SMILES string of the molecule is CC(C)(C)OC(=O)NC1(CCn2c(O)c(C(Cc3ccc(C(F)(F)F)cc3C(F)(F)F)=c3ccc4c(c3)C=NN=4)sc2=O)CCOCC1. The average Bonchev–Trinajstić information content (AvgIpc) is 3.56. The molecular weight excluding hydrogens is 666 g/mol. The van der Waals surface area contributed by atoms with Crippen molar-refractivity contribution >= 4 is 29.2 Å². The van der Waals surface area contributed by atoms with Crippen LogP contribution in [-0.2, 0) is 34.8 Å². The first-order chi connectivity index (χ1) is 22.4. The molecule has 2 N–H and O–H groups in total. The topological polar surface area (TPSA) is 115 Å². The van der Waals surface area contributed by atoms with Crippen LogP contribution in [0, 0.1) is 0 Å². The summed E-state index contributed by atoms with van der Waals surface area (Å²) in [6.07, 6.45) is -8.98. The van der Waals surface area contributed by atoms with Crippen LogP contribution < -0.4 is 20.8 Å². The van der Waals surface area contributed by atoms with E-state index >= 15 is 0 Å². The molecule has 48 heavy (non-hydrogen) atoms. The number of thiazole rings is 1. The fourth-order valence-corrected chi connectivity index (χ4v) is 6.58. The number of hydrogen-bond donors (Lipinski definition) is 2. The Bertz CT molecular complexity index is 1920. The molecule has 0 spiro atoms. The molecule has 0 atom stereocenters. The first kappa shape index (κ1) is 35.1. The van der Waals surface area contributed by atoms with Crippen LogP contribution in [-0.4, -0.2) is 46.3 Å². The lowest BCUT2D eigenvalue weighted by atomic mass is 9.86. The molecule has 2 aliphatic heterocycles. The van der Waals surface area contributed by atoms with Crippen molar-refractivity contribution < 1.29 is 45.7 Å². The molecule has 2 aliphatic rings. The molecule has 0 saturated carbocycles. The highest BCUT2D eigenvalue weighted by atomic mass is 32.1. The number of carbonyl (C=O) groups is 1. The molecule has 2 aromatic carbocycles. The monoisotopic (exact) mass is 698 g/mol. The van der Waals surface area contributed by atoms with Gasteiger partial charge in [-0.2, -0.15) is 36.5 Å². The lowest BCUT2D eigenvalue weighted by Gasteiger charge is -2.38. The van der Waals surface area contributed by atoms with Gasteiger partial charge in [0, 0.05) is 37.3 Å². The molecule has 1 fully saturated rings. The third kappa shape index (κ3) is 7.92. The van der Waals surface area contributed by atoms with Crippen molar-refractivity contribution in [1.82, 2.24) is 9.88 Å². The van der Waals surface area contributed by atoms with Crippen molar-refractivity contribution in [1.29, 1.82) is 0 Å². The fourth-order valence-electron chi connectivity index (χ4n) is 5.60. The summed E-state index contributed by atoms with van der Waals surface area (Å²) in [7, 11) is 0. The van der Waals surface area contributed by atoms with Crippen LogP contribution in [0.2, 0.25) is 0 Å². The zero-order chi connectivity index (χ0) is 35.1. The molecular formula is C32H32F6N4O5S. The van der Waals surface area contributed by atoms with Crippen LogP contribution in [0.25, 0.3) is 5.57 Å². The molecule has 0 aliphatic carbocycles. The Kier molecular flexibility index (Phi) is 9.54. The molecule has 1 saturated heterocycles. The summed E-state index contributed by atoms with van der Waals surface area (Å²) in [6, 6.07) is 6.03. The molecule has 258 valence electrons. The van der Waals surface area contributed by atoms with Gasteiger partial charge in [0.15, 0.2) is 0 Å². The molecule has 0 bridgehead atoms. The number of rotatable bonds is 7. The molecule has 5 rings (SSSR count). The summed E-state index contributed by atoms with van der Waals surface area (Å²) in [4.78, 5) is 25.4. The number of carbonyl (C=O) groups excluding carboxylic acids is 1. The first-order valence-corrected chi connectivity index (χ1v) is 15.7. The maximum absolute atomic E-state index is 14.1. The number of hydrogen-bond acceptors (Lipinski definition) is 8. The van der Waals surface area contributed by atoms with Crippen molar-refractivity contribution in [2.45, 2.75) is 76.5 Å². The van der Waals surface area contributed by atoms with Gasteiger partial charge in [0.2, 0.25) is 5.88 Å². The standard InChI is InChI=1S/C32H32F6N4O5S/c1-29(2,3)47-27(44)40-30(9-12-46-13-10-30)8-11-42-26(43)25(48-28(42)45)22(18-5-7-24-20(14-18)17-39-41-24)15-19-4-6-21(31(33,34)35)16-23(19)32(36,37)38/h4-7,14,16-17,43H,8-13,15H2,1-3H3,(H,40,44). The summed E-state index contributed by atoms with van der Waals surface area (Å²) >= 11 is 0.590. The molecule has 9 nitrogen and oxygen atoms in total. The van der Waals surface area contributed by atoms with E-state index in [1.165, 1.54) is 12.3 Å². The number of aromatic hydroxyl groups is 1. The zero-order valence-corrected chi connectivity index (χ0v) is 26.9. The van der Waals surface area contributed by atoms with Gasteiger partial charge in [0.1, 0.15) is 5.60 Å². The number of ether oxygens (including phenoxy) is 2. The van der Waals surface area contributed by atoms with Crippen LogP contribution >= 0.6 is 11.3 Å². The van der Waals surface area contributed by atoms with Crippen LogP contribution in [0.15, 0.2) is 51.4 Å². The highest BCUT2D eigenvalue weighted by Crippen LogP contribution is 2.39. The minimum Gasteiger partial charge on any atom is -0.493 e. The van der Waals surface area contributed by atoms with Crippen LogP contribution in [0.1, 0.15) is 67.2 Å². The summed E-state index contributed by atoms with van der Waals surface area (Å²) in [5, 5.41) is 22.9. The Morgan fingerprint density at radius 1 is 1.06 bits per heavy atom. The second kappa shape index (κ2) is 13.0. The Balaban J connectivity index is 1.56. The minimum absolute atomic E-state index is 0.0547. The normalized spacial score (nSPS) is 16.7. The van der Waals surface area contributed by atoms with Gasteiger partial charge in [-0.1, -0.05) is 23.5 Å². The lowest BCUT2D eigenvalue weighted by molar-refractivity contribution is -0.143. The van der Waals surface area contributed by atoms with E-state index in [1.54, 1.807) is 32.9 Å². The van der Waals surface area contributed by atoms with E-state index < -0.39 is 63.4 Å². The molecule has 0 radical (unpaired) electrons. The van der Waals surface area contributed by atoms with E-state index in [4.69, 9.17) is 9.47 Å². The Hall–Kier alpha value is -4.18. The zero-order valence-electron chi connectivity index (χ0n) is 26.1. The number of nitrogens with one attached hydrogen (secondary N) is 1. The highest BCUT2D eigenvalue weighted by Gasteiger charge is 2.39. The number of aromatic nitrogens is 1. The van der Waals surface area contributed by atoms with Crippen molar-refractivity contribution in [3.05, 3.63) is 83.8 Å². The molecule has 3 heterocycles. The maximum Gasteiger partial charge on any atom is 0.416 e. The van der Waals surface area contributed by atoms with E-state index in [1.807, 2.05) is 0 Å². The first-order valence-electron chi connectivity index (χ1n) is 14.9. The lowest BCUT2D eigenvalue weighted by Crippen LogP contribution is -2.53. The summed E-state index contributed by atoms with van der Waals surface area (Å²) < 4.78 is 94.5. The maximum atomic E-state index is 14.1.